The number of sulfonamides is 1. The lowest BCUT2D eigenvalue weighted by Gasteiger charge is -2.11. The number of aromatic nitrogens is 4. The SMILES string of the molecule is Cc1nnnn1-c1ccc(F)c(NS(=O)(=O)c2cccc(C#N)c2)c1. The number of aryl methyl sites for hydroxylation is 1. The highest BCUT2D eigenvalue weighted by atomic mass is 32.2. The lowest BCUT2D eigenvalue weighted by molar-refractivity contribution is 0.598. The van der Waals surface area contributed by atoms with Crippen LogP contribution in [0.3, 0.4) is 0 Å². The number of hydrogen-bond donors (Lipinski definition) is 1. The van der Waals surface area contributed by atoms with Crippen molar-refractivity contribution in [2.24, 2.45) is 0 Å². The summed E-state index contributed by atoms with van der Waals surface area (Å²) in [5, 5.41) is 19.9. The molecule has 0 saturated heterocycles. The monoisotopic (exact) mass is 358 g/mol. The number of benzene rings is 2. The van der Waals surface area contributed by atoms with Crippen LogP contribution in [0.1, 0.15) is 11.4 Å². The second-order valence-corrected chi connectivity index (χ2v) is 6.73. The first kappa shape index (κ1) is 16.5. The van der Waals surface area contributed by atoms with E-state index in [4.69, 9.17) is 5.26 Å². The van der Waals surface area contributed by atoms with Gasteiger partial charge >= 0.3 is 0 Å². The summed E-state index contributed by atoms with van der Waals surface area (Å²) in [6.45, 7) is 1.65. The Morgan fingerprint density at radius 1 is 1.24 bits per heavy atom. The molecule has 0 aliphatic carbocycles. The van der Waals surface area contributed by atoms with Crippen molar-refractivity contribution in [3.63, 3.8) is 0 Å². The highest BCUT2D eigenvalue weighted by molar-refractivity contribution is 7.92. The Kier molecular flexibility index (Phi) is 4.16. The van der Waals surface area contributed by atoms with Crippen LogP contribution in [-0.2, 0) is 10.0 Å². The average molecular weight is 358 g/mol. The van der Waals surface area contributed by atoms with Crippen LogP contribution in [-0.4, -0.2) is 28.6 Å². The highest BCUT2D eigenvalue weighted by Gasteiger charge is 2.18. The van der Waals surface area contributed by atoms with Crippen molar-refractivity contribution in [1.82, 2.24) is 20.2 Å². The number of hydrogen-bond acceptors (Lipinski definition) is 6. The second-order valence-electron chi connectivity index (χ2n) is 5.05. The maximum atomic E-state index is 14.1. The Morgan fingerprint density at radius 3 is 2.72 bits per heavy atom. The van der Waals surface area contributed by atoms with Gasteiger partial charge in [0.25, 0.3) is 10.0 Å². The van der Waals surface area contributed by atoms with Crippen molar-refractivity contribution >= 4 is 15.7 Å². The van der Waals surface area contributed by atoms with Gasteiger partial charge in [0.2, 0.25) is 0 Å². The van der Waals surface area contributed by atoms with Gasteiger partial charge in [0.1, 0.15) is 5.82 Å². The van der Waals surface area contributed by atoms with E-state index in [0.29, 0.717) is 11.5 Å². The number of nitrogens with zero attached hydrogens (tertiary/aromatic N) is 5. The van der Waals surface area contributed by atoms with E-state index in [-0.39, 0.29) is 16.1 Å². The fourth-order valence-corrected chi connectivity index (χ4v) is 3.23. The Bertz CT molecular complexity index is 1090. The first-order valence-corrected chi connectivity index (χ1v) is 8.47. The summed E-state index contributed by atoms with van der Waals surface area (Å²) in [4.78, 5) is -0.144. The number of nitrogens with one attached hydrogen (secondary N) is 1. The van der Waals surface area contributed by atoms with Crippen molar-refractivity contribution in [3.8, 4) is 11.8 Å². The number of anilines is 1. The fraction of sp³-hybridized carbons (Fsp3) is 0.0667. The Morgan fingerprint density at radius 2 is 2.04 bits per heavy atom. The van der Waals surface area contributed by atoms with Gasteiger partial charge in [0.15, 0.2) is 5.82 Å². The minimum atomic E-state index is -4.07. The van der Waals surface area contributed by atoms with E-state index in [9.17, 15) is 12.8 Å². The molecule has 0 amide bonds. The van der Waals surface area contributed by atoms with Gasteiger partial charge in [-0.3, -0.25) is 4.72 Å². The fourth-order valence-electron chi connectivity index (χ4n) is 2.13. The van der Waals surface area contributed by atoms with Gasteiger partial charge in [-0.2, -0.15) is 9.94 Å². The molecule has 0 fully saturated rings. The largest absolute Gasteiger partial charge is 0.277 e. The van der Waals surface area contributed by atoms with Gasteiger partial charge in [-0.25, -0.2) is 12.8 Å². The van der Waals surface area contributed by atoms with Gasteiger partial charge in [0.05, 0.1) is 27.9 Å². The third kappa shape index (κ3) is 3.31. The van der Waals surface area contributed by atoms with Gasteiger partial charge in [0, 0.05) is 0 Å². The summed E-state index contributed by atoms with van der Waals surface area (Å²) in [5.41, 5.74) is 0.323. The molecular weight excluding hydrogens is 347 g/mol. The third-order valence-electron chi connectivity index (χ3n) is 3.34. The third-order valence-corrected chi connectivity index (χ3v) is 4.70. The lowest BCUT2D eigenvalue weighted by atomic mass is 10.2. The van der Waals surface area contributed by atoms with Crippen molar-refractivity contribution in [2.75, 3.05) is 4.72 Å². The number of tetrazole rings is 1. The first-order valence-electron chi connectivity index (χ1n) is 6.98. The second kappa shape index (κ2) is 6.29. The topological polar surface area (TPSA) is 114 Å². The lowest BCUT2D eigenvalue weighted by Crippen LogP contribution is -2.14. The van der Waals surface area contributed by atoms with Crippen molar-refractivity contribution < 1.29 is 12.8 Å². The van der Waals surface area contributed by atoms with E-state index in [0.717, 1.165) is 6.07 Å². The van der Waals surface area contributed by atoms with E-state index < -0.39 is 15.8 Å². The smallest absolute Gasteiger partial charge is 0.262 e. The summed E-state index contributed by atoms with van der Waals surface area (Å²) in [6, 6.07) is 11.1. The molecule has 1 heterocycles. The molecular formula is C15H11FN6O2S. The van der Waals surface area contributed by atoms with Gasteiger partial charge in [-0.05, 0) is 53.7 Å². The molecule has 1 N–H and O–H groups in total. The minimum absolute atomic E-state index is 0.144. The van der Waals surface area contributed by atoms with Crippen LogP contribution in [0.5, 0.6) is 0 Å². The Hall–Kier alpha value is -3.32. The molecule has 10 heteroatoms. The van der Waals surface area contributed by atoms with Gasteiger partial charge < -0.3 is 0 Å². The Balaban J connectivity index is 1.99. The molecule has 0 atom stereocenters. The maximum absolute atomic E-state index is 14.1. The predicted octanol–water partition coefficient (Wildman–Crippen LogP) is 1.78. The van der Waals surface area contributed by atoms with E-state index >= 15 is 0 Å². The molecule has 0 saturated carbocycles. The summed E-state index contributed by atoms with van der Waals surface area (Å²) < 4.78 is 42.5. The van der Waals surface area contributed by atoms with Crippen molar-refractivity contribution in [2.45, 2.75) is 11.8 Å². The van der Waals surface area contributed by atoms with Crippen LogP contribution in [0.2, 0.25) is 0 Å². The van der Waals surface area contributed by atoms with Crippen LogP contribution in [0.25, 0.3) is 5.69 Å². The number of rotatable bonds is 4. The standard InChI is InChI=1S/C15H11FN6O2S/c1-10-18-20-21-22(10)12-5-6-14(16)15(8-12)19-25(23,24)13-4-2-3-11(7-13)9-17/h2-8,19H,1H3. The molecule has 0 unspecified atom stereocenters. The van der Waals surface area contributed by atoms with E-state index in [2.05, 4.69) is 20.2 Å². The molecule has 3 aromatic rings. The van der Waals surface area contributed by atoms with Crippen molar-refractivity contribution in [1.29, 1.82) is 5.26 Å². The van der Waals surface area contributed by atoms with Crippen LogP contribution >= 0.6 is 0 Å². The molecule has 0 aliphatic rings. The molecule has 25 heavy (non-hydrogen) atoms. The van der Waals surface area contributed by atoms with E-state index in [1.54, 1.807) is 6.92 Å². The zero-order chi connectivity index (χ0) is 18.0. The molecule has 8 nitrogen and oxygen atoms in total. The van der Waals surface area contributed by atoms with Crippen LogP contribution < -0.4 is 4.72 Å². The van der Waals surface area contributed by atoms with Crippen LogP contribution in [0.4, 0.5) is 10.1 Å². The summed E-state index contributed by atoms with van der Waals surface area (Å²) >= 11 is 0. The molecule has 2 aromatic carbocycles. The average Bonchev–Trinajstić information content (AvgIpc) is 3.03. The van der Waals surface area contributed by atoms with Gasteiger partial charge in [-0.1, -0.05) is 6.07 Å². The number of nitriles is 1. The molecule has 0 radical (unpaired) electrons. The molecule has 3 rings (SSSR count). The number of halogens is 1. The zero-order valence-electron chi connectivity index (χ0n) is 12.9. The van der Waals surface area contributed by atoms with E-state index in [1.165, 1.54) is 41.1 Å². The first-order chi connectivity index (χ1) is 11.9. The Labute approximate surface area is 142 Å². The van der Waals surface area contributed by atoms with Gasteiger partial charge in [-0.15, -0.1) is 5.10 Å². The normalized spacial score (nSPS) is 11.1. The summed E-state index contributed by atoms with van der Waals surface area (Å²) in [5.74, 6) is -0.295. The molecule has 1 aromatic heterocycles. The molecule has 0 spiro atoms. The summed E-state index contributed by atoms with van der Waals surface area (Å²) in [6.07, 6.45) is 0. The highest BCUT2D eigenvalue weighted by Crippen LogP contribution is 2.23. The zero-order valence-corrected chi connectivity index (χ0v) is 13.7. The predicted molar refractivity (Wildman–Crippen MR) is 85.8 cm³/mol. The molecule has 0 aliphatic heterocycles. The van der Waals surface area contributed by atoms with Crippen LogP contribution in [0, 0.1) is 24.1 Å². The minimum Gasteiger partial charge on any atom is -0.277 e. The quantitative estimate of drug-likeness (QED) is 0.760. The molecule has 126 valence electrons. The maximum Gasteiger partial charge on any atom is 0.262 e. The van der Waals surface area contributed by atoms with Crippen LogP contribution in [0.15, 0.2) is 47.4 Å². The summed E-state index contributed by atoms with van der Waals surface area (Å²) in [7, 11) is -4.07. The molecule has 0 bridgehead atoms. The van der Waals surface area contributed by atoms with E-state index in [1.807, 2.05) is 6.07 Å². The van der Waals surface area contributed by atoms with Crippen molar-refractivity contribution in [3.05, 3.63) is 59.7 Å².